The molecule has 1 aliphatic rings. The number of nitrogens with one attached hydrogen (secondary N) is 1. The molecule has 0 bridgehead atoms. The van der Waals surface area contributed by atoms with Crippen LogP contribution in [0.15, 0.2) is 25.2 Å². The molecule has 2 heterocycles. The molecule has 0 amide bonds. The van der Waals surface area contributed by atoms with E-state index in [1.54, 1.807) is 6.92 Å². The van der Waals surface area contributed by atoms with Gasteiger partial charge in [-0.3, -0.25) is 14.6 Å². The Morgan fingerprint density at radius 1 is 1.31 bits per heavy atom. The Morgan fingerprint density at radius 3 is 2.76 bits per heavy atom. The SMILES string of the molecule is CCCCc1cc(=O)oc2nc(ON=C3CCC(C(=O)OCC)CC3)[nH]c(=O)c12. The number of esters is 1. The maximum absolute atomic E-state index is 12.5. The number of aryl methyl sites for hydroxylation is 1. The molecule has 1 aliphatic carbocycles. The largest absolute Gasteiger partial charge is 0.466 e. The van der Waals surface area contributed by atoms with Gasteiger partial charge >= 0.3 is 17.6 Å². The lowest BCUT2D eigenvalue weighted by Gasteiger charge is -2.20. The molecule has 0 radical (unpaired) electrons. The van der Waals surface area contributed by atoms with Gasteiger partial charge in [0.1, 0.15) is 5.39 Å². The van der Waals surface area contributed by atoms with Gasteiger partial charge in [-0.05, 0) is 51.0 Å². The Morgan fingerprint density at radius 2 is 2.07 bits per heavy atom. The average Bonchev–Trinajstić information content (AvgIpc) is 2.70. The molecule has 0 atom stereocenters. The van der Waals surface area contributed by atoms with Gasteiger partial charge in [0.2, 0.25) is 5.71 Å². The first-order valence-electron chi connectivity index (χ1n) is 9.98. The Balaban J connectivity index is 1.75. The van der Waals surface area contributed by atoms with Crippen molar-refractivity contribution >= 4 is 22.8 Å². The Bertz CT molecular complexity index is 1010. The lowest BCUT2D eigenvalue weighted by molar-refractivity contribution is -0.148. The lowest BCUT2D eigenvalue weighted by atomic mass is 9.88. The molecule has 156 valence electrons. The summed E-state index contributed by atoms with van der Waals surface area (Å²) in [5, 5.41) is 4.31. The smallest absolute Gasteiger partial charge is 0.337 e. The molecule has 1 fully saturated rings. The minimum absolute atomic E-state index is 0.0615. The van der Waals surface area contributed by atoms with Gasteiger partial charge < -0.3 is 14.0 Å². The van der Waals surface area contributed by atoms with Gasteiger partial charge in [-0.15, -0.1) is 0 Å². The molecule has 0 aliphatic heterocycles. The number of ether oxygens (including phenoxy) is 1. The predicted octanol–water partition coefficient (Wildman–Crippen LogP) is 2.71. The lowest BCUT2D eigenvalue weighted by Crippen LogP contribution is -2.24. The van der Waals surface area contributed by atoms with E-state index in [2.05, 4.69) is 15.1 Å². The number of nitrogens with zero attached hydrogens (tertiary/aromatic N) is 2. The van der Waals surface area contributed by atoms with E-state index in [-0.39, 0.29) is 29.0 Å². The van der Waals surface area contributed by atoms with Crippen LogP contribution in [0.25, 0.3) is 11.1 Å². The average molecular weight is 403 g/mol. The molecule has 0 aromatic carbocycles. The second-order valence-electron chi connectivity index (χ2n) is 7.02. The van der Waals surface area contributed by atoms with Crippen LogP contribution in [0.4, 0.5) is 0 Å². The van der Waals surface area contributed by atoms with Crippen molar-refractivity contribution < 1.29 is 18.8 Å². The molecule has 1 saturated carbocycles. The summed E-state index contributed by atoms with van der Waals surface area (Å²) in [6.07, 6.45) is 4.83. The normalized spacial score (nSPS) is 16.6. The first-order chi connectivity index (χ1) is 14.0. The quantitative estimate of drug-likeness (QED) is 0.557. The zero-order chi connectivity index (χ0) is 20.8. The van der Waals surface area contributed by atoms with Gasteiger partial charge in [0, 0.05) is 6.07 Å². The monoisotopic (exact) mass is 403 g/mol. The molecular weight excluding hydrogens is 378 g/mol. The summed E-state index contributed by atoms with van der Waals surface area (Å²) in [6, 6.07) is 1.19. The van der Waals surface area contributed by atoms with Crippen molar-refractivity contribution in [3.63, 3.8) is 0 Å². The predicted molar refractivity (Wildman–Crippen MR) is 106 cm³/mol. The molecular formula is C20H25N3O6. The summed E-state index contributed by atoms with van der Waals surface area (Å²) in [7, 11) is 0. The minimum Gasteiger partial charge on any atom is -0.466 e. The number of hydrogen-bond donors (Lipinski definition) is 1. The summed E-state index contributed by atoms with van der Waals surface area (Å²) in [5.41, 5.74) is 0.323. The second-order valence-corrected chi connectivity index (χ2v) is 7.02. The molecule has 3 rings (SSSR count). The highest BCUT2D eigenvalue weighted by Gasteiger charge is 2.25. The summed E-state index contributed by atoms with van der Waals surface area (Å²) in [6.45, 7) is 4.19. The fraction of sp³-hybridized carbons (Fsp3) is 0.550. The van der Waals surface area contributed by atoms with Crippen molar-refractivity contribution in [2.75, 3.05) is 6.61 Å². The van der Waals surface area contributed by atoms with Crippen LogP contribution in [0.5, 0.6) is 6.01 Å². The van der Waals surface area contributed by atoms with Crippen molar-refractivity contribution in [3.05, 3.63) is 32.4 Å². The van der Waals surface area contributed by atoms with Crippen molar-refractivity contribution in [1.82, 2.24) is 9.97 Å². The fourth-order valence-electron chi connectivity index (χ4n) is 3.38. The zero-order valence-corrected chi connectivity index (χ0v) is 16.7. The molecule has 29 heavy (non-hydrogen) atoms. The number of aromatic nitrogens is 2. The van der Waals surface area contributed by atoms with E-state index in [1.807, 2.05) is 6.92 Å². The van der Waals surface area contributed by atoms with Crippen LogP contribution in [0.3, 0.4) is 0 Å². The van der Waals surface area contributed by atoms with Crippen molar-refractivity contribution in [3.8, 4) is 6.01 Å². The molecule has 0 spiro atoms. The number of rotatable bonds is 7. The number of fused-ring (bicyclic) bond motifs is 1. The first-order valence-corrected chi connectivity index (χ1v) is 9.98. The third kappa shape index (κ3) is 5.10. The van der Waals surface area contributed by atoms with Crippen molar-refractivity contribution in [2.45, 2.75) is 58.8 Å². The van der Waals surface area contributed by atoms with Crippen LogP contribution >= 0.6 is 0 Å². The Labute approximate surface area is 167 Å². The van der Waals surface area contributed by atoms with E-state index in [1.165, 1.54) is 6.07 Å². The number of aromatic amines is 1. The highest BCUT2D eigenvalue weighted by molar-refractivity contribution is 5.86. The topological polar surface area (TPSA) is 124 Å². The second kappa shape index (κ2) is 9.49. The number of H-pyrrole nitrogens is 1. The van der Waals surface area contributed by atoms with E-state index in [4.69, 9.17) is 14.0 Å². The summed E-state index contributed by atoms with van der Waals surface area (Å²) in [4.78, 5) is 48.0. The molecule has 9 nitrogen and oxygen atoms in total. The van der Waals surface area contributed by atoms with Crippen molar-refractivity contribution in [2.24, 2.45) is 11.1 Å². The number of hydrogen-bond acceptors (Lipinski definition) is 8. The number of oxime groups is 1. The third-order valence-electron chi connectivity index (χ3n) is 4.92. The van der Waals surface area contributed by atoms with E-state index < -0.39 is 11.2 Å². The van der Waals surface area contributed by atoms with Gasteiger partial charge in [-0.25, -0.2) is 4.79 Å². The van der Waals surface area contributed by atoms with E-state index in [0.29, 0.717) is 44.3 Å². The van der Waals surface area contributed by atoms with Gasteiger partial charge in [-0.2, -0.15) is 4.98 Å². The van der Waals surface area contributed by atoms with Crippen LogP contribution in [0.2, 0.25) is 0 Å². The minimum atomic E-state index is -0.559. The van der Waals surface area contributed by atoms with Gasteiger partial charge in [-0.1, -0.05) is 18.5 Å². The molecule has 9 heteroatoms. The number of carbonyl (C=O) groups is 1. The standard InChI is InChI=1S/C20H25N3O6/c1-3-5-6-13-11-15(24)28-18-16(13)17(25)21-20(22-18)29-23-14-9-7-12(8-10-14)19(26)27-4-2/h11-12H,3-10H2,1-2H3,(H,21,22,25). The highest BCUT2D eigenvalue weighted by atomic mass is 16.6. The number of unbranched alkanes of at least 4 members (excludes halogenated alkanes) is 1. The fourth-order valence-corrected chi connectivity index (χ4v) is 3.38. The maximum atomic E-state index is 12.5. The van der Waals surface area contributed by atoms with E-state index >= 15 is 0 Å². The molecule has 2 aromatic heterocycles. The van der Waals surface area contributed by atoms with Crippen LogP contribution in [0.1, 0.15) is 57.9 Å². The zero-order valence-electron chi connectivity index (χ0n) is 16.7. The highest BCUT2D eigenvalue weighted by Crippen LogP contribution is 2.24. The van der Waals surface area contributed by atoms with Gasteiger partial charge in [0.25, 0.3) is 5.56 Å². The summed E-state index contributed by atoms with van der Waals surface area (Å²) < 4.78 is 10.1. The van der Waals surface area contributed by atoms with Gasteiger partial charge in [0.15, 0.2) is 0 Å². The molecule has 2 aromatic rings. The van der Waals surface area contributed by atoms with Crippen LogP contribution < -0.4 is 16.0 Å². The third-order valence-corrected chi connectivity index (χ3v) is 4.92. The Hall–Kier alpha value is -2.97. The molecule has 0 saturated heterocycles. The summed E-state index contributed by atoms with van der Waals surface area (Å²) in [5.74, 6) is -0.301. The molecule has 0 unspecified atom stereocenters. The van der Waals surface area contributed by atoms with E-state index in [0.717, 1.165) is 18.6 Å². The summed E-state index contributed by atoms with van der Waals surface area (Å²) >= 11 is 0. The van der Waals surface area contributed by atoms with Crippen LogP contribution in [0, 0.1) is 5.92 Å². The Kier molecular flexibility index (Phi) is 6.79. The van der Waals surface area contributed by atoms with Crippen LogP contribution in [-0.4, -0.2) is 28.3 Å². The maximum Gasteiger partial charge on any atom is 0.337 e. The number of carbonyl (C=O) groups excluding carboxylic acids is 1. The van der Waals surface area contributed by atoms with E-state index in [9.17, 15) is 14.4 Å². The molecule has 1 N–H and O–H groups in total. The first kappa shape index (κ1) is 20.8. The van der Waals surface area contributed by atoms with Gasteiger partial charge in [0.05, 0.1) is 18.2 Å². The van der Waals surface area contributed by atoms with Crippen LogP contribution in [-0.2, 0) is 16.0 Å². The van der Waals surface area contributed by atoms with Crippen molar-refractivity contribution in [1.29, 1.82) is 0 Å².